The first-order chi connectivity index (χ1) is 7.86. The number of para-hydroxylation sites is 2. The number of nitrogens with zero attached hydrogens (tertiary/aromatic N) is 1. The van der Waals surface area contributed by atoms with Gasteiger partial charge in [0, 0.05) is 18.7 Å². The summed E-state index contributed by atoms with van der Waals surface area (Å²) < 4.78 is 0. The molecule has 1 aromatic carbocycles. The molecule has 0 aliphatic rings. The van der Waals surface area contributed by atoms with Crippen LogP contribution in [0, 0.1) is 15.5 Å². The monoisotopic (exact) mass is 237 g/mol. The summed E-state index contributed by atoms with van der Waals surface area (Å²) in [6.07, 6.45) is 0. The van der Waals surface area contributed by atoms with Gasteiger partial charge in [-0.25, -0.2) is 0 Å². The smallest absolute Gasteiger partial charge is 0.292 e. The highest BCUT2D eigenvalue weighted by molar-refractivity contribution is 5.61. The summed E-state index contributed by atoms with van der Waals surface area (Å²) in [5, 5.41) is 14.0. The Morgan fingerprint density at radius 3 is 2.47 bits per heavy atom. The second-order valence-corrected chi connectivity index (χ2v) is 5.07. The molecule has 17 heavy (non-hydrogen) atoms. The quantitative estimate of drug-likeness (QED) is 0.622. The van der Waals surface area contributed by atoms with Gasteiger partial charge in [-0.05, 0) is 11.5 Å². The number of anilines is 1. The number of nitrogens with two attached hydrogens (primary N) is 1. The SMILES string of the molecule is CC(C)(C)C(CN)Nc1ccccc1[N+](=O)[O-]. The Bertz CT molecular complexity index is 399. The van der Waals surface area contributed by atoms with Crippen LogP contribution in [-0.4, -0.2) is 17.5 Å². The van der Waals surface area contributed by atoms with Gasteiger partial charge in [0.25, 0.3) is 5.69 Å². The van der Waals surface area contributed by atoms with E-state index in [-0.39, 0.29) is 17.1 Å². The van der Waals surface area contributed by atoms with Gasteiger partial charge in [0.1, 0.15) is 5.69 Å². The van der Waals surface area contributed by atoms with Crippen LogP contribution in [0.25, 0.3) is 0 Å². The van der Waals surface area contributed by atoms with Crippen LogP contribution in [0.2, 0.25) is 0 Å². The van der Waals surface area contributed by atoms with Crippen molar-refractivity contribution >= 4 is 11.4 Å². The zero-order valence-electron chi connectivity index (χ0n) is 10.4. The summed E-state index contributed by atoms with van der Waals surface area (Å²) in [6.45, 7) is 6.57. The van der Waals surface area contributed by atoms with Crippen LogP contribution < -0.4 is 11.1 Å². The number of hydrogen-bond acceptors (Lipinski definition) is 4. The van der Waals surface area contributed by atoms with Crippen LogP contribution in [0.3, 0.4) is 0 Å². The predicted octanol–water partition coefficient (Wildman–Crippen LogP) is 2.38. The zero-order chi connectivity index (χ0) is 13.1. The lowest BCUT2D eigenvalue weighted by Gasteiger charge is -2.31. The average molecular weight is 237 g/mol. The molecule has 0 saturated carbocycles. The number of nitro groups is 1. The standard InChI is InChI=1S/C12H19N3O2/c1-12(2,3)11(8-13)14-9-6-4-5-7-10(9)15(16)17/h4-7,11,14H,8,13H2,1-3H3. The highest BCUT2D eigenvalue weighted by atomic mass is 16.6. The molecule has 1 aromatic rings. The maximum atomic E-state index is 10.9. The topological polar surface area (TPSA) is 81.2 Å². The fourth-order valence-corrected chi connectivity index (χ4v) is 1.57. The lowest BCUT2D eigenvalue weighted by Crippen LogP contribution is -2.40. The van der Waals surface area contributed by atoms with E-state index >= 15 is 0 Å². The molecule has 3 N–H and O–H groups in total. The van der Waals surface area contributed by atoms with Crippen LogP contribution in [0.15, 0.2) is 24.3 Å². The molecule has 0 aromatic heterocycles. The molecular weight excluding hydrogens is 218 g/mol. The summed E-state index contributed by atoms with van der Waals surface area (Å²) in [6, 6.07) is 6.60. The van der Waals surface area contributed by atoms with Crippen LogP contribution in [0.5, 0.6) is 0 Å². The van der Waals surface area contributed by atoms with E-state index in [4.69, 9.17) is 5.73 Å². The number of rotatable bonds is 4. The van der Waals surface area contributed by atoms with Crippen LogP contribution >= 0.6 is 0 Å². The fraction of sp³-hybridized carbons (Fsp3) is 0.500. The molecule has 94 valence electrons. The highest BCUT2D eigenvalue weighted by Crippen LogP contribution is 2.28. The lowest BCUT2D eigenvalue weighted by atomic mass is 9.86. The Morgan fingerprint density at radius 1 is 1.41 bits per heavy atom. The summed E-state index contributed by atoms with van der Waals surface area (Å²) in [5.74, 6) is 0. The van der Waals surface area contributed by atoms with Gasteiger partial charge in [-0.1, -0.05) is 32.9 Å². The van der Waals surface area contributed by atoms with Crippen molar-refractivity contribution in [3.8, 4) is 0 Å². The van der Waals surface area contributed by atoms with Crippen molar-refractivity contribution in [1.29, 1.82) is 0 Å². The molecule has 1 unspecified atom stereocenters. The first-order valence-corrected chi connectivity index (χ1v) is 5.56. The van der Waals surface area contributed by atoms with Crippen molar-refractivity contribution in [3.63, 3.8) is 0 Å². The molecular formula is C12H19N3O2. The van der Waals surface area contributed by atoms with Crippen molar-refractivity contribution in [1.82, 2.24) is 0 Å². The molecule has 0 spiro atoms. The first-order valence-electron chi connectivity index (χ1n) is 5.56. The third kappa shape index (κ3) is 3.42. The highest BCUT2D eigenvalue weighted by Gasteiger charge is 2.25. The van der Waals surface area contributed by atoms with Gasteiger partial charge >= 0.3 is 0 Å². The summed E-state index contributed by atoms with van der Waals surface area (Å²) in [7, 11) is 0. The zero-order valence-corrected chi connectivity index (χ0v) is 10.4. The fourth-order valence-electron chi connectivity index (χ4n) is 1.57. The average Bonchev–Trinajstić information content (AvgIpc) is 2.24. The van der Waals surface area contributed by atoms with Crippen molar-refractivity contribution in [3.05, 3.63) is 34.4 Å². The molecule has 0 saturated heterocycles. The van der Waals surface area contributed by atoms with E-state index in [1.165, 1.54) is 6.07 Å². The molecule has 0 amide bonds. The molecule has 0 radical (unpaired) electrons. The van der Waals surface area contributed by atoms with Crippen LogP contribution in [-0.2, 0) is 0 Å². The van der Waals surface area contributed by atoms with E-state index < -0.39 is 4.92 Å². The molecule has 5 heteroatoms. The third-order valence-electron chi connectivity index (χ3n) is 2.71. The number of nitro benzene ring substituents is 1. The van der Waals surface area contributed by atoms with Crippen molar-refractivity contribution in [2.75, 3.05) is 11.9 Å². The Labute approximate surface area is 101 Å². The minimum atomic E-state index is -0.390. The normalized spacial score (nSPS) is 13.2. The number of benzene rings is 1. The maximum Gasteiger partial charge on any atom is 0.292 e. The molecule has 0 fully saturated rings. The molecule has 5 nitrogen and oxygen atoms in total. The van der Waals surface area contributed by atoms with Gasteiger partial charge in [0.05, 0.1) is 4.92 Å². The Hall–Kier alpha value is -1.62. The summed E-state index contributed by atoms with van der Waals surface area (Å²) in [5.41, 5.74) is 6.24. The van der Waals surface area contributed by atoms with E-state index in [1.807, 2.05) is 20.8 Å². The summed E-state index contributed by atoms with van der Waals surface area (Å²) >= 11 is 0. The van der Waals surface area contributed by atoms with Gasteiger partial charge < -0.3 is 11.1 Å². The Balaban J connectivity index is 2.98. The molecule has 0 aliphatic carbocycles. The second kappa shape index (κ2) is 5.14. The Kier molecular flexibility index (Phi) is 4.07. The van der Waals surface area contributed by atoms with Crippen LogP contribution in [0.4, 0.5) is 11.4 Å². The van der Waals surface area contributed by atoms with E-state index in [9.17, 15) is 10.1 Å². The Morgan fingerprint density at radius 2 is 2.00 bits per heavy atom. The molecule has 0 heterocycles. The van der Waals surface area contributed by atoms with Gasteiger partial charge in [0.2, 0.25) is 0 Å². The summed E-state index contributed by atoms with van der Waals surface area (Å²) in [4.78, 5) is 10.5. The largest absolute Gasteiger partial charge is 0.375 e. The minimum absolute atomic E-state index is 0.0106. The van der Waals surface area contributed by atoms with E-state index in [0.717, 1.165) is 0 Å². The van der Waals surface area contributed by atoms with Gasteiger partial charge in [-0.2, -0.15) is 0 Å². The maximum absolute atomic E-state index is 10.9. The van der Waals surface area contributed by atoms with Gasteiger partial charge in [-0.15, -0.1) is 0 Å². The minimum Gasteiger partial charge on any atom is -0.375 e. The van der Waals surface area contributed by atoms with Gasteiger partial charge in [0.15, 0.2) is 0 Å². The van der Waals surface area contributed by atoms with Crippen molar-refractivity contribution < 1.29 is 4.92 Å². The number of hydrogen-bond donors (Lipinski definition) is 2. The second-order valence-electron chi connectivity index (χ2n) is 5.07. The third-order valence-corrected chi connectivity index (χ3v) is 2.71. The van der Waals surface area contributed by atoms with Crippen molar-refractivity contribution in [2.45, 2.75) is 26.8 Å². The first kappa shape index (κ1) is 13.4. The van der Waals surface area contributed by atoms with Crippen LogP contribution in [0.1, 0.15) is 20.8 Å². The number of nitrogens with one attached hydrogen (secondary N) is 1. The molecule has 0 bridgehead atoms. The predicted molar refractivity (Wildman–Crippen MR) is 69.0 cm³/mol. The molecule has 0 aliphatic heterocycles. The van der Waals surface area contributed by atoms with Crippen molar-refractivity contribution in [2.24, 2.45) is 11.1 Å². The molecule has 1 rings (SSSR count). The van der Waals surface area contributed by atoms with E-state index in [2.05, 4.69) is 5.32 Å². The van der Waals surface area contributed by atoms with Gasteiger partial charge in [-0.3, -0.25) is 10.1 Å². The molecule has 1 atom stereocenters. The lowest BCUT2D eigenvalue weighted by molar-refractivity contribution is -0.384. The van der Waals surface area contributed by atoms with E-state index in [1.54, 1.807) is 18.2 Å². The van der Waals surface area contributed by atoms with E-state index in [0.29, 0.717) is 12.2 Å².